The Morgan fingerprint density at radius 1 is 1.24 bits per heavy atom. The van der Waals surface area contributed by atoms with Crippen LogP contribution in [0.5, 0.6) is 5.75 Å². The van der Waals surface area contributed by atoms with E-state index in [1.165, 1.54) is 31.2 Å². The standard InChI is InChI=1S/C15H23NO/c1-3-17-15-9-7-12(8-10-15)13-5-4-6-14(11-13)16-2/h7-10,13-14,16H,3-6,11H2,1-2H3. The molecular formula is C15H23NO. The van der Waals surface area contributed by atoms with Crippen LogP contribution in [-0.2, 0) is 0 Å². The van der Waals surface area contributed by atoms with Crippen LogP contribution >= 0.6 is 0 Å². The van der Waals surface area contributed by atoms with Crippen LogP contribution < -0.4 is 10.1 Å². The molecule has 2 atom stereocenters. The SMILES string of the molecule is CCOc1ccc(C2CCCC(NC)C2)cc1. The van der Waals surface area contributed by atoms with Crippen LogP contribution in [0.4, 0.5) is 0 Å². The third-order valence-electron chi connectivity index (χ3n) is 3.74. The molecular weight excluding hydrogens is 210 g/mol. The predicted octanol–water partition coefficient (Wildman–Crippen LogP) is 3.33. The summed E-state index contributed by atoms with van der Waals surface area (Å²) < 4.78 is 5.48. The van der Waals surface area contributed by atoms with Gasteiger partial charge in [-0.25, -0.2) is 0 Å². The molecule has 0 aromatic heterocycles. The largest absolute Gasteiger partial charge is 0.494 e. The van der Waals surface area contributed by atoms with Crippen molar-refractivity contribution >= 4 is 0 Å². The van der Waals surface area contributed by atoms with Gasteiger partial charge < -0.3 is 10.1 Å². The molecule has 1 fully saturated rings. The van der Waals surface area contributed by atoms with E-state index >= 15 is 0 Å². The molecule has 1 aliphatic carbocycles. The molecule has 94 valence electrons. The maximum Gasteiger partial charge on any atom is 0.119 e. The zero-order valence-corrected chi connectivity index (χ0v) is 10.9. The minimum atomic E-state index is 0.695. The van der Waals surface area contributed by atoms with Crippen LogP contribution in [0, 0.1) is 0 Å². The molecule has 2 nitrogen and oxygen atoms in total. The Hall–Kier alpha value is -1.02. The second-order valence-electron chi connectivity index (χ2n) is 4.85. The van der Waals surface area contributed by atoms with Gasteiger partial charge in [0, 0.05) is 6.04 Å². The van der Waals surface area contributed by atoms with Crippen molar-refractivity contribution in [3.63, 3.8) is 0 Å². The van der Waals surface area contributed by atoms with E-state index in [2.05, 4.69) is 36.6 Å². The van der Waals surface area contributed by atoms with Crippen LogP contribution in [-0.4, -0.2) is 19.7 Å². The van der Waals surface area contributed by atoms with E-state index in [0.29, 0.717) is 6.04 Å². The van der Waals surface area contributed by atoms with Gasteiger partial charge in [0.1, 0.15) is 5.75 Å². The zero-order valence-electron chi connectivity index (χ0n) is 10.9. The van der Waals surface area contributed by atoms with E-state index in [0.717, 1.165) is 18.3 Å². The van der Waals surface area contributed by atoms with Gasteiger partial charge in [-0.05, 0) is 56.8 Å². The summed E-state index contributed by atoms with van der Waals surface area (Å²) >= 11 is 0. The average Bonchev–Trinajstić information content (AvgIpc) is 2.40. The summed E-state index contributed by atoms with van der Waals surface area (Å²) in [6.07, 6.45) is 5.25. The summed E-state index contributed by atoms with van der Waals surface area (Å²) in [5, 5.41) is 3.41. The van der Waals surface area contributed by atoms with Gasteiger partial charge in [0.2, 0.25) is 0 Å². The summed E-state index contributed by atoms with van der Waals surface area (Å²) in [6, 6.07) is 9.35. The van der Waals surface area contributed by atoms with Gasteiger partial charge in [0.25, 0.3) is 0 Å². The number of hydrogen-bond acceptors (Lipinski definition) is 2. The molecule has 0 saturated heterocycles. The molecule has 0 bridgehead atoms. The molecule has 1 N–H and O–H groups in total. The molecule has 0 amide bonds. The normalized spacial score (nSPS) is 24.6. The minimum absolute atomic E-state index is 0.695. The first-order valence-electron chi connectivity index (χ1n) is 6.73. The first-order chi connectivity index (χ1) is 8.33. The molecule has 0 heterocycles. The van der Waals surface area contributed by atoms with E-state index in [1.807, 2.05) is 6.92 Å². The van der Waals surface area contributed by atoms with E-state index in [4.69, 9.17) is 4.74 Å². The van der Waals surface area contributed by atoms with E-state index < -0.39 is 0 Å². The highest BCUT2D eigenvalue weighted by molar-refractivity contribution is 5.29. The van der Waals surface area contributed by atoms with Crippen molar-refractivity contribution in [1.82, 2.24) is 5.32 Å². The van der Waals surface area contributed by atoms with Gasteiger partial charge in [-0.1, -0.05) is 18.6 Å². The Morgan fingerprint density at radius 3 is 2.65 bits per heavy atom. The Bertz CT molecular complexity index is 333. The second-order valence-corrected chi connectivity index (χ2v) is 4.85. The number of rotatable bonds is 4. The maximum absolute atomic E-state index is 5.48. The smallest absolute Gasteiger partial charge is 0.119 e. The molecule has 17 heavy (non-hydrogen) atoms. The fourth-order valence-electron chi connectivity index (χ4n) is 2.76. The van der Waals surface area contributed by atoms with E-state index in [-0.39, 0.29) is 0 Å². The van der Waals surface area contributed by atoms with Crippen molar-refractivity contribution in [2.45, 2.75) is 44.6 Å². The van der Waals surface area contributed by atoms with Crippen molar-refractivity contribution in [3.05, 3.63) is 29.8 Å². The van der Waals surface area contributed by atoms with Gasteiger partial charge in [0.15, 0.2) is 0 Å². The molecule has 0 spiro atoms. The molecule has 1 aromatic rings. The topological polar surface area (TPSA) is 21.3 Å². The van der Waals surface area contributed by atoms with Gasteiger partial charge in [0.05, 0.1) is 6.61 Å². The molecule has 2 rings (SSSR count). The lowest BCUT2D eigenvalue weighted by atomic mass is 9.81. The first kappa shape index (κ1) is 12.4. The van der Waals surface area contributed by atoms with Gasteiger partial charge >= 0.3 is 0 Å². The molecule has 1 aliphatic rings. The van der Waals surface area contributed by atoms with Crippen LogP contribution in [0.1, 0.15) is 44.1 Å². The number of ether oxygens (including phenoxy) is 1. The highest BCUT2D eigenvalue weighted by atomic mass is 16.5. The fraction of sp³-hybridized carbons (Fsp3) is 0.600. The lowest BCUT2D eigenvalue weighted by Gasteiger charge is -2.29. The minimum Gasteiger partial charge on any atom is -0.494 e. The third-order valence-corrected chi connectivity index (χ3v) is 3.74. The summed E-state index contributed by atoms with van der Waals surface area (Å²) in [6.45, 7) is 2.76. The summed E-state index contributed by atoms with van der Waals surface area (Å²) in [5.74, 6) is 1.70. The first-order valence-corrected chi connectivity index (χ1v) is 6.73. The van der Waals surface area contributed by atoms with Gasteiger partial charge in [-0.2, -0.15) is 0 Å². The molecule has 2 unspecified atom stereocenters. The molecule has 1 aromatic carbocycles. The highest BCUT2D eigenvalue weighted by Gasteiger charge is 2.21. The zero-order chi connectivity index (χ0) is 12.1. The van der Waals surface area contributed by atoms with Crippen molar-refractivity contribution in [2.24, 2.45) is 0 Å². The van der Waals surface area contributed by atoms with Crippen molar-refractivity contribution in [2.75, 3.05) is 13.7 Å². The van der Waals surface area contributed by atoms with E-state index in [9.17, 15) is 0 Å². The summed E-state index contributed by atoms with van der Waals surface area (Å²) in [4.78, 5) is 0. The fourth-order valence-corrected chi connectivity index (χ4v) is 2.76. The third kappa shape index (κ3) is 3.22. The van der Waals surface area contributed by atoms with Gasteiger partial charge in [-0.15, -0.1) is 0 Å². The average molecular weight is 233 g/mol. The van der Waals surface area contributed by atoms with Crippen LogP contribution in [0.25, 0.3) is 0 Å². The van der Waals surface area contributed by atoms with Crippen molar-refractivity contribution < 1.29 is 4.74 Å². The lowest BCUT2D eigenvalue weighted by Crippen LogP contribution is -2.30. The quantitative estimate of drug-likeness (QED) is 0.861. The van der Waals surface area contributed by atoms with E-state index in [1.54, 1.807) is 0 Å². The Labute approximate surface area is 104 Å². The molecule has 2 heteroatoms. The summed E-state index contributed by atoms with van der Waals surface area (Å²) in [5.41, 5.74) is 1.47. The molecule has 0 aliphatic heterocycles. The highest BCUT2D eigenvalue weighted by Crippen LogP contribution is 2.33. The lowest BCUT2D eigenvalue weighted by molar-refractivity contribution is 0.338. The molecule has 1 saturated carbocycles. The van der Waals surface area contributed by atoms with Crippen molar-refractivity contribution in [1.29, 1.82) is 0 Å². The van der Waals surface area contributed by atoms with Crippen molar-refractivity contribution in [3.8, 4) is 5.75 Å². The Balaban J connectivity index is 2.01. The predicted molar refractivity (Wildman–Crippen MR) is 71.7 cm³/mol. The monoisotopic (exact) mass is 233 g/mol. The van der Waals surface area contributed by atoms with Crippen LogP contribution in [0.3, 0.4) is 0 Å². The summed E-state index contributed by atoms with van der Waals surface area (Å²) in [7, 11) is 2.07. The Kier molecular flexibility index (Phi) is 4.43. The maximum atomic E-state index is 5.48. The van der Waals surface area contributed by atoms with Gasteiger partial charge in [-0.3, -0.25) is 0 Å². The number of benzene rings is 1. The second kappa shape index (κ2) is 6.06. The number of nitrogens with one attached hydrogen (secondary N) is 1. The Morgan fingerprint density at radius 2 is 2.00 bits per heavy atom. The number of hydrogen-bond donors (Lipinski definition) is 1. The van der Waals surface area contributed by atoms with Crippen LogP contribution in [0.15, 0.2) is 24.3 Å². The van der Waals surface area contributed by atoms with Crippen LogP contribution in [0.2, 0.25) is 0 Å². The molecule has 0 radical (unpaired) electrons.